The third-order valence-electron chi connectivity index (χ3n) is 4.36. The van der Waals surface area contributed by atoms with Gasteiger partial charge >= 0.3 is 0 Å². The van der Waals surface area contributed by atoms with E-state index < -0.39 is 0 Å². The van der Waals surface area contributed by atoms with E-state index >= 15 is 0 Å². The van der Waals surface area contributed by atoms with Gasteiger partial charge in [0.05, 0.1) is 29.9 Å². The van der Waals surface area contributed by atoms with Crippen LogP contribution in [0.15, 0.2) is 12.1 Å². The average molecular weight is 282 g/mol. The van der Waals surface area contributed by atoms with Gasteiger partial charge in [-0.1, -0.05) is 32.8 Å². The highest BCUT2D eigenvalue weighted by molar-refractivity contribution is 5.92. The first-order valence-corrected chi connectivity index (χ1v) is 7.98. The van der Waals surface area contributed by atoms with E-state index in [0.717, 1.165) is 55.2 Å². The zero-order valence-electron chi connectivity index (χ0n) is 12.8. The number of hydrogen-bond acceptors (Lipinski definition) is 2. The molecule has 1 atom stereocenters. The maximum atomic E-state index is 9.45. The van der Waals surface area contributed by atoms with Crippen molar-refractivity contribution < 1.29 is 4.74 Å². The van der Waals surface area contributed by atoms with Crippen LogP contribution in [-0.4, -0.2) is 11.6 Å². The number of H-pyrrole nitrogens is 1. The van der Waals surface area contributed by atoms with Crippen molar-refractivity contribution in [1.82, 2.24) is 4.98 Å². The number of aryl methyl sites for hydroxylation is 1. The molecular formula is C18H22N2O. The Morgan fingerprint density at radius 3 is 2.90 bits per heavy atom. The van der Waals surface area contributed by atoms with Crippen molar-refractivity contribution in [3.05, 3.63) is 34.5 Å². The van der Waals surface area contributed by atoms with Crippen molar-refractivity contribution in [2.45, 2.75) is 52.1 Å². The number of rotatable bonds is 4. The summed E-state index contributed by atoms with van der Waals surface area (Å²) in [6.45, 7) is 5.13. The fraction of sp³-hybridized carbons (Fsp3) is 0.500. The molecule has 21 heavy (non-hydrogen) atoms. The molecule has 0 saturated heterocycles. The first-order chi connectivity index (χ1) is 10.3. The summed E-state index contributed by atoms with van der Waals surface area (Å²) in [4.78, 5) is 3.60. The van der Waals surface area contributed by atoms with E-state index in [1.54, 1.807) is 0 Å². The van der Waals surface area contributed by atoms with Crippen LogP contribution < -0.4 is 0 Å². The van der Waals surface area contributed by atoms with Gasteiger partial charge in [-0.25, -0.2) is 0 Å². The minimum atomic E-state index is 0.159. The molecule has 0 saturated carbocycles. The number of nitriles is 1. The molecule has 0 spiro atoms. The predicted molar refractivity (Wildman–Crippen MR) is 84.3 cm³/mol. The van der Waals surface area contributed by atoms with Gasteiger partial charge in [-0.3, -0.25) is 0 Å². The number of benzene rings is 1. The van der Waals surface area contributed by atoms with Crippen LogP contribution in [0.1, 0.15) is 61.6 Å². The number of aromatic amines is 1. The lowest BCUT2D eigenvalue weighted by Crippen LogP contribution is -2.15. The zero-order valence-corrected chi connectivity index (χ0v) is 12.8. The van der Waals surface area contributed by atoms with E-state index in [2.05, 4.69) is 31.0 Å². The van der Waals surface area contributed by atoms with Crippen LogP contribution in [0.2, 0.25) is 0 Å². The second-order valence-corrected chi connectivity index (χ2v) is 5.80. The molecule has 1 aromatic heterocycles. The molecule has 2 heterocycles. The van der Waals surface area contributed by atoms with Gasteiger partial charge in [0.1, 0.15) is 0 Å². The third kappa shape index (κ3) is 2.34. The van der Waals surface area contributed by atoms with Crippen molar-refractivity contribution in [2.75, 3.05) is 6.61 Å². The number of fused-ring (bicyclic) bond motifs is 3. The molecule has 3 heteroatoms. The maximum absolute atomic E-state index is 9.45. The second-order valence-electron chi connectivity index (χ2n) is 5.80. The lowest BCUT2D eigenvalue weighted by Gasteiger charge is -2.23. The molecule has 2 aromatic rings. The van der Waals surface area contributed by atoms with Crippen LogP contribution in [0.4, 0.5) is 0 Å². The third-order valence-corrected chi connectivity index (χ3v) is 4.36. The molecule has 0 fully saturated rings. The van der Waals surface area contributed by atoms with E-state index in [1.165, 1.54) is 16.8 Å². The van der Waals surface area contributed by atoms with Crippen LogP contribution in [0.25, 0.3) is 10.9 Å². The first kappa shape index (κ1) is 14.2. The molecule has 3 nitrogen and oxygen atoms in total. The van der Waals surface area contributed by atoms with E-state index in [4.69, 9.17) is 4.74 Å². The Labute approximate surface area is 125 Å². The number of nitrogens with one attached hydrogen (secondary N) is 1. The molecular weight excluding hydrogens is 260 g/mol. The summed E-state index contributed by atoms with van der Waals surface area (Å²) in [5, 5.41) is 10.6. The Morgan fingerprint density at radius 1 is 1.33 bits per heavy atom. The van der Waals surface area contributed by atoms with Crippen LogP contribution in [-0.2, 0) is 17.6 Å². The van der Waals surface area contributed by atoms with Crippen molar-refractivity contribution in [1.29, 1.82) is 5.26 Å². The van der Waals surface area contributed by atoms with Crippen molar-refractivity contribution in [3.8, 4) is 6.07 Å². The summed E-state index contributed by atoms with van der Waals surface area (Å²) >= 11 is 0. The smallest absolute Gasteiger partial charge is 0.0998 e. The predicted octanol–water partition coefficient (Wildman–Crippen LogP) is 4.41. The minimum Gasteiger partial charge on any atom is -0.372 e. The minimum absolute atomic E-state index is 0.159. The molecule has 1 N–H and O–H groups in total. The monoisotopic (exact) mass is 282 g/mol. The highest BCUT2D eigenvalue weighted by Gasteiger charge is 2.26. The van der Waals surface area contributed by atoms with Crippen molar-refractivity contribution >= 4 is 10.9 Å². The summed E-state index contributed by atoms with van der Waals surface area (Å²) in [6, 6.07) is 6.44. The van der Waals surface area contributed by atoms with Gasteiger partial charge in [0.2, 0.25) is 0 Å². The normalized spacial score (nSPS) is 17.7. The maximum Gasteiger partial charge on any atom is 0.0998 e. The van der Waals surface area contributed by atoms with E-state index in [9.17, 15) is 5.26 Å². The summed E-state index contributed by atoms with van der Waals surface area (Å²) in [6.07, 6.45) is 5.35. The van der Waals surface area contributed by atoms with Crippen molar-refractivity contribution in [2.24, 2.45) is 0 Å². The standard InChI is InChI=1S/C18H22N2O/c1-3-5-12-7-8-13(11-19)16-14-9-10-21-15(6-4-2)18(14)20-17(12)16/h7-8,15,20H,3-6,9-10H2,1-2H3. The fourth-order valence-corrected chi connectivity index (χ4v) is 3.43. The van der Waals surface area contributed by atoms with Crippen LogP contribution in [0.3, 0.4) is 0 Å². The van der Waals surface area contributed by atoms with Gasteiger partial charge in [-0.05, 0) is 36.5 Å². The topological polar surface area (TPSA) is 48.8 Å². The molecule has 3 rings (SSSR count). The number of nitrogens with zero attached hydrogens (tertiary/aromatic N) is 1. The summed E-state index contributed by atoms with van der Waals surface area (Å²) in [7, 11) is 0. The lowest BCUT2D eigenvalue weighted by atomic mass is 9.96. The summed E-state index contributed by atoms with van der Waals surface area (Å²) in [5.74, 6) is 0. The molecule has 1 aliphatic heterocycles. The quantitative estimate of drug-likeness (QED) is 0.903. The number of hydrogen-bond donors (Lipinski definition) is 1. The highest BCUT2D eigenvalue weighted by Crippen LogP contribution is 2.37. The van der Waals surface area contributed by atoms with E-state index in [1.807, 2.05) is 6.07 Å². The molecule has 1 unspecified atom stereocenters. The van der Waals surface area contributed by atoms with Crippen LogP contribution in [0, 0.1) is 11.3 Å². The Kier molecular flexibility index (Phi) is 3.98. The average Bonchev–Trinajstić information content (AvgIpc) is 2.89. The zero-order chi connectivity index (χ0) is 14.8. The van der Waals surface area contributed by atoms with E-state index in [-0.39, 0.29) is 6.10 Å². The Balaban J connectivity index is 2.23. The Bertz CT molecular complexity index is 693. The molecule has 1 aliphatic rings. The van der Waals surface area contributed by atoms with Crippen molar-refractivity contribution in [3.63, 3.8) is 0 Å². The summed E-state index contributed by atoms with van der Waals surface area (Å²) in [5.41, 5.74) is 5.78. The van der Waals surface area contributed by atoms with Crippen LogP contribution >= 0.6 is 0 Å². The van der Waals surface area contributed by atoms with Gasteiger partial charge in [-0.2, -0.15) is 5.26 Å². The number of ether oxygens (including phenoxy) is 1. The molecule has 1 aromatic carbocycles. The van der Waals surface area contributed by atoms with Gasteiger partial charge in [0.15, 0.2) is 0 Å². The molecule has 110 valence electrons. The first-order valence-electron chi connectivity index (χ1n) is 7.98. The van der Waals surface area contributed by atoms with Gasteiger partial charge < -0.3 is 9.72 Å². The SMILES string of the molecule is CCCc1ccc(C#N)c2c3c([nH]c12)C(CCC)OCC3. The molecule has 0 bridgehead atoms. The Hall–Kier alpha value is -1.79. The van der Waals surface area contributed by atoms with Gasteiger partial charge in [-0.15, -0.1) is 0 Å². The molecule has 0 radical (unpaired) electrons. The summed E-state index contributed by atoms with van der Waals surface area (Å²) < 4.78 is 5.93. The lowest BCUT2D eigenvalue weighted by molar-refractivity contribution is 0.0339. The molecule has 0 amide bonds. The van der Waals surface area contributed by atoms with Crippen LogP contribution in [0.5, 0.6) is 0 Å². The highest BCUT2D eigenvalue weighted by atomic mass is 16.5. The largest absolute Gasteiger partial charge is 0.372 e. The number of aromatic nitrogens is 1. The fourth-order valence-electron chi connectivity index (χ4n) is 3.43. The second kappa shape index (κ2) is 5.91. The van der Waals surface area contributed by atoms with Gasteiger partial charge in [0, 0.05) is 11.1 Å². The Morgan fingerprint density at radius 2 is 2.19 bits per heavy atom. The van der Waals surface area contributed by atoms with Gasteiger partial charge in [0.25, 0.3) is 0 Å². The van der Waals surface area contributed by atoms with E-state index in [0.29, 0.717) is 0 Å². The molecule has 0 aliphatic carbocycles.